The maximum atomic E-state index is 9.75. The molecule has 0 aliphatic carbocycles. The Kier molecular flexibility index (Phi) is 6.55. The lowest BCUT2D eigenvalue weighted by molar-refractivity contribution is 0.368. The van der Waals surface area contributed by atoms with E-state index in [1.165, 1.54) is 16.7 Å². The van der Waals surface area contributed by atoms with Crippen LogP contribution in [-0.2, 0) is 6.42 Å². The number of rotatable bonds is 3. The average molecular weight is 362 g/mol. The van der Waals surface area contributed by atoms with E-state index in [9.17, 15) is 17.3 Å². The van der Waals surface area contributed by atoms with Gasteiger partial charge >= 0.3 is 18.8 Å². The molecule has 0 aliphatic rings. The molecule has 1 nitrogen and oxygen atoms in total. The molecule has 136 valence electrons. The second kappa shape index (κ2) is 8.65. The van der Waals surface area contributed by atoms with Gasteiger partial charge in [0.15, 0.2) is 0 Å². The Labute approximate surface area is 150 Å². The zero-order valence-electron chi connectivity index (χ0n) is 14.6. The minimum absolute atomic E-state index is 0.921. The van der Waals surface area contributed by atoms with Crippen LogP contribution >= 0.6 is 0 Å². The molecule has 0 saturated carbocycles. The van der Waals surface area contributed by atoms with Crippen LogP contribution in [-0.4, -0.2) is 7.25 Å². The van der Waals surface area contributed by atoms with Gasteiger partial charge in [0.05, 0.1) is 24.1 Å². The number of aryl methyl sites for hydroxylation is 1. The zero-order valence-corrected chi connectivity index (χ0v) is 14.6. The van der Waals surface area contributed by atoms with Crippen molar-refractivity contribution in [1.29, 1.82) is 0 Å². The van der Waals surface area contributed by atoms with Crippen LogP contribution in [0.4, 0.5) is 17.3 Å². The van der Waals surface area contributed by atoms with Gasteiger partial charge in [0.25, 0.3) is 0 Å². The van der Waals surface area contributed by atoms with E-state index in [4.69, 9.17) is 4.42 Å². The van der Waals surface area contributed by atoms with E-state index >= 15 is 0 Å². The summed E-state index contributed by atoms with van der Waals surface area (Å²) in [5, 5.41) is 0. The lowest BCUT2D eigenvalue weighted by atomic mass is 9.96. The van der Waals surface area contributed by atoms with Gasteiger partial charge in [-0.15, -0.1) is 0 Å². The summed E-state index contributed by atoms with van der Waals surface area (Å²) in [5.74, 6) is 1.92. The molecule has 0 unspecified atom stereocenters. The first-order chi connectivity index (χ1) is 12.3. The average Bonchev–Trinajstić information content (AvgIpc) is 2.61. The highest BCUT2D eigenvalue weighted by atomic mass is 19.5. The molecule has 0 saturated heterocycles. The van der Waals surface area contributed by atoms with Crippen molar-refractivity contribution in [2.24, 2.45) is 0 Å². The fraction of sp³-hybridized carbons (Fsp3) is 0.150. The molecule has 1 aromatic heterocycles. The molecule has 0 spiro atoms. The highest BCUT2D eigenvalue weighted by molar-refractivity contribution is 6.50. The van der Waals surface area contributed by atoms with E-state index < -0.39 is 7.25 Å². The third-order valence-corrected chi connectivity index (χ3v) is 3.79. The molecule has 0 N–H and O–H groups in total. The SMILES string of the molecule is CCc1c(-c2ccccc2)cc(-c2ccccc2)[o+]c1C.F[B-](F)(F)F. The minimum Gasteiger partial charge on any atom is -0.418 e. The Morgan fingerprint density at radius 3 is 1.73 bits per heavy atom. The van der Waals surface area contributed by atoms with Crippen molar-refractivity contribution in [1.82, 2.24) is 0 Å². The van der Waals surface area contributed by atoms with E-state index in [1.807, 2.05) is 24.3 Å². The smallest absolute Gasteiger partial charge is 0.418 e. The van der Waals surface area contributed by atoms with Crippen LogP contribution in [0.3, 0.4) is 0 Å². The second-order valence-corrected chi connectivity index (χ2v) is 5.64. The summed E-state index contributed by atoms with van der Waals surface area (Å²) in [6, 6.07) is 22.9. The highest BCUT2D eigenvalue weighted by Gasteiger charge is 2.21. The van der Waals surface area contributed by atoms with Crippen molar-refractivity contribution >= 4 is 7.25 Å². The van der Waals surface area contributed by atoms with Crippen LogP contribution in [0.2, 0.25) is 0 Å². The van der Waals surface area contributed by atoms with E-state index in [2.05, 4.69) is 56.3 Å². The molecule has 3 aromatic rings. The molecule has 0 fully saturated rings. The van der Waals surface area contributed by atoms with Crippen LogP contribution in [0.25, 0.3) is 22.5 Å². The fourth-order valence-electron chi connectivity index (χ4n) is 2.72. The molecule has 0 radical (unpaired) electrons. The Morgan fingerprint density at radius 1 is 0.808 bits per heavy atom. The van der Waals surface area contributed by atoms with Gasteiger partial charge in [0, 0.05) is 5.56 Å². The quantitative estimate of drug-likeness (QED) is 0.276. The summed E-state index contributed by atoms with van der Waals surface area (Å²) < 4.78 is 45.0. The number of hydrogen-bond donors (Lipinski definition) is 0. The summed E-state index contributed by atoms with van der Waals surface area (Å²) in [7, 11) is -6.00. The van der Waals surface area contributed by atoms with Crippen molar-refractivity contribution < 1.29 is 21.7 Å². The topological polar surface area (TPSA) is 11.3 Å². The van der Waals surface area contributed by atoms with E-state index in [0.717, 1.165) is 23.5 Å². The third-order valence-electron chi connectivity index (χ3n) is 3.79. The van der Waals surface area contributed by atoms with Crippen molar-refractivity contribution in [3.05, 3.63) is 78.1 Å². The van der Waals surface area contributed by atoms with E-state index in [-0.39, 0.29) is 0 Å². The molecule has 1 heterocycles. The first-order valence-corrected chi connectivity index (χ1v) is 8.24. The van der Waals surface area contributed by atoms with Crippen molar-refractivity contribution in [3.63, 3.8) is 0 Å². The molecule has 3 rings (SSSR count). The van der Waals surface area contributed by atoms with Gasteiger partial charge in [0.1, 0.15) is 0 Å². The summed E-state index contributed by atoms with van der Waals surface area (Å²) in [6.45, 7) is 4.23. The molecular formula is C20H19BF4O. The predicted molar refractivity (Wildman–Crippen MR) is 98.3 cm³/mol. The largest absolute Gasteiger partial charge is 0.673 e. The van der Waals surface area contributed by atoms with Gasteiger partial charge in [-0.2, -0.15) is 0 Å². The van der Waals surface area contributed by atoms with Crippen LogP contribution in [0.1, 0.15) is 18.2 Å². The summed E-state index contributed by atoms with van der Waals surface area (Å²) in [6.07, 6.45) is 0.967. The predicted octanol–water partition coefficient (Wildman–Crippen LogP) is 7.07. The van der Waals surface area contributed by atoms with E-state index in [1.54, 1.807) is 0 Å². The van der Waals surface area contributed by atoms with Crippen molar-refractivity contribution in [2.75, 3.05) is 0 Å². The molecule has 0 aliphatic heterocycles. The van der Waals surface area contributed by atoms with Gasteiger partial charge in [-0.25, -0.2) is 4.42 Å². The van der Waals surface area contributed by atoms with Crippen LogP contribution in [0.15, 0.2) is 71.1 Å². The molecule has 0 atom stereocenters. The number of benzene rings is 2. The Hall–Kier alpha value is -2.63. The normalized spacial score (nSPS) is 10.8. The second-order valence-electron chi connectivity index (χ2n) is 5.64. The molecular weight excluding hydrogens is 343 g/mol. The zero-order chi connectivity index (χ0) is 19.2. The number of hydrogen-bond acceptors (Lipinski definition) is 0. The maximum Gasteiger partial charge on any atom is 0.673 e. The van der Waals surface area contributed by atoms with Gasteiger partial charge in [-0.1, -0.05) is 55.5 Å². The van der Waals surface area contributed by atoms with Crippen LogP contribution in [0, 0.1) is 6.92 Å². The summed E-state index contributed by atoms with van der Waals surface area (Å²) in [4.78, 5) is 0. The maximum absolute atomic E-state index is 9.75. The lowest BCUT2D eigenvalue weighted by Crippen LogP contribution is -2.02. The third kappa shape index (κ3) is 5.72. The standard InChI is InChI=1S/C20H19O.BF4/c1-3-18-15(2)21-20(17-12-8-5-9-13-17)14-19(18)16-10-6-4-7-11-16;2-1(3,4)5/h4-14H,3H2,1-2H3;/q+1;-1. The first-order valence-electron chi connectivity index (χ1n) is 8.24. The van der Waals surface area contributed by atoms with Crippen LogP contribution < -0.4 is 0 Å². The van der Waals surface area contributed by atoms with Gasteiger partial charge < -0.3 is 17.3 Å². The first kappa shape index (κ1) is 19.7. The molecule has 0 bridgehead atoms. The van der Waals surface area contributed by atoms with Crippen LogP contribution in [0.5, 0.6) is 0 Å². The molecule has 2 aromatic carbocycles. The number of halogens is 4. The molecule has 6 heteroatoms. The Balaban J connectivity index is 0.000000431. The summed E-state index contributed by atoms with van der Waals surface area (Å²) >= 11 is 0. The summed E-state index contributed by atoms with van der Waals surface area (Å²) in [5.41, 5.74) is 4.90. The van der Waals surface area contributed by atoms with Gasteiger partial charge in [-0.3, -0.25) is 0 Å². The Morgan fingerprint density at radius 2 is 1.27 bits per heavy atom. The Bertz CT molecular complexity index is 828. The monoisotopic (exact) mass is 362 g/mol. The van der Waals surface area contributed by atoms with Gasteiger partial charge in [0.2, 0.25) is 0 Å². The fourth-order valence-corrected chi connectivity index (χ4v) is 2.72. The van der Waals surface area contributed by atoms with E-state index in [0.29, 0.717) is 0 Å². The molecule has 0 amide bonds. The van der Waals surface area contributed by atoms with Crippen molar-refractivity contribution in [3.8, 4) is 22.5 Å². The van der Waals surface area contributed by atoms with Gasteiger partial charge in [-0.05, 0) is 24.1 Å². The highest BCUT2D eigenvalue weighted by Crippen LogP contribution is 2.32. The minimum atomic E-state index is -6.00. The lowest BCUT2D eigenvalue weighted by Gasteiger charge is -2.06. The molecule has 26 heavy (non-hydrogen) atoms. The van der Waals surface area contributed by atoms with Crippen molar-refractivity contribution in [2.45, 2.75) is 20.3 Å².